The Hall–Kier alpha value is -1.00. The molecule has 2 N–H and O–H groups in total. The molecule has 0 fully saturated rings. The zero-order valence-corrected chi connectivity index (χ0v) is 12.9. The van der Waals surface area contributed by atoms with Crippen molar-refractivity contribution in [2.45, 2.75) is 32.8 Å². The maximum absolute atomic E-state index is 12.1. The van der Waals surface area contributed by atoms with Crippen LogP contribution in [0.1, 0.15) is 34.8 Å². The molecule has 1 amide bonds. The minimum absolute atomic E-state index is 0.120. The van der Waals surface area contributed by atoms with E-state index in [1.165, 1.54) is 0 Å². The summed E-state index contributed by atoms with van der Waals surface area (Å²) >= 11 is 1.69. The molecule has 0 radical (unpaired) electrons. The zero-order chi connectivity index (χ0) is 14.5. The van der Waals surface area contributed by atoms with E-state index >= 15 is 0 Å². The van der Waals surface area contributed by atoms with E-state index in [2.05, 4.69) is 5.32 Å². The van der Waals surface area contributed by atoms with Crippen molar-refractivity contribution in [2.75, 3.05) is 18.6 Å². The average Bonchev–Trinajstić information content (AvgIpc) is 2.36. The van der Waals surface area contributed by atoms with Crippen LogP contribution >= 0.6 is 11.8 Å². The SMILES string of the molecule is CSCC[C@](C)(O)CNC(=O)c1cc(C)ccc1C. The molecule has 0 bridgehead atoms. The van der Waals surface area contributed by atoms with Gasteiger partial charge >= 0.3 is 0 Å². The first-order chi connectivity index (χ1) is 8.85. The van der Waals surface area contributed by atoms with Crippen molar-refractivity contribution >= 4 is 17.7 Å². The van der Waals surface area contributed by atoms with E-state index < -0.39 is 5.60 Å². The Kier molecular flexibility index (Phi) is 5.88. The predicted molar refractivity (Wildman–Crippen MR) is 81.9 cm³/mol. The molecule has 0 unspecified atom stereocenters. The standard InChI is InChI=1S/C15H23NO2S/c1-11-5-6-12(2)13(9-11)14(17)16-10-15(3,18)7-8-19-4/h5-6,9,18H,7-8,10H2,1-4H3,(H,16,17)/t15-/m0/s1. The smallest absolute Gasteiger partial charge is 0.251 e. The van der Waals surface area contributed by atoms with Crippen molar-refractivity contribution in [3.8, 4) is 0 Å². The number of nitrogens with one attached hydrogen (secondary N) is 1. The van der Waals surface area contributed by atoms with Gasteiger partial charge in [-0.25, -0.2) is 0 Å². The first-order valence-electron chi connectivity index (χ1n) is 6.42. The van der Waals surface area contributed by atoms with E-state index in [0.29, 0.717) is 12.0 Å². The van der Waals surface area contributed by atoms with Gasteiger partial charge in [-0.2, -0.15) is 11.8 Å². The molecule has 0 spiro atoms. The van der Waals surface area contributed by atoms with Gasteiger partial charge in [0.05, 0.1) is 5.60 Å². The number of carbonyl (C=O) groups excluding carboxylic acids is 1. The van der Waals surface area contributed by atoms with Crippen LogP contribution in [0.2, 0.25) is 0 Å². The van der Waals surface area contributed by atoms with E-state index in [4.69, 9.17) is 0 Å². The summed E-state index contributed by atoms with van der Waals surface area (Å²) in [6.07, 6.45) is 2.67. The first kappa shape index (κ1) is 16.1. The Labute approximate surface area is 119 Å². The molecule has 0 heterocycles. The van der Waals surface area contributed by atoms with Gasteiger partial charge in [-0.1, -0.05) is 17.7 Å². The monoisotopic (exact) mass is 281 g/mol. The predicted octanol–water partition coefficient (Wildman–Crippen LogP) is 2.54. The van der Waals surface area contributed by atoms with E-state index in [1.807, 2.05) is 38.3 Å². The van der Waals surface area contributed by atoms with Crippen molar-refractivity contribution < 1.29 is 9.90 Å². The number of aryl methyl sites for hydroxylation is 2. The van der Waals surface area contributed by atoms with Crippen molar-refractivity contribution in [1.82, 2.24) is 5.32 Å². The van der Waals surface area contributed by atoms with Gasteiger partial charge in [0.15, 0.2) is 0 Å². The average molecular weight is 281 g/mol. The van der Waals surface area contributed by atoms with Gasteiger partial charge in [-0.15, -0.1) is 0 Å². The second kappa shape index (κ2) is 6.96. The van der Waals surface area contributed by atoms with Crippen LogP contribution in [0.25, 0.3) is 0 Å². The molecule has 4 heteroatoms. The molecule has 0 aliphatic rings. The van der Waals surface area contributed by atoms with Crippen LogP contribution in [0, 0.1) is 13.8 Å². The summed E-state index contributed by atoms with van der Waals surface area (Å²) in [7, 11) is 0. The van der Waals surface area contributed by atoms with Gasteiger partial charge in [0.1, 0.15) is 0 Å². The minimum atomic E-state index is -0.851. The van der Waals surface area contributed by atoms with E-state index in [1.54, 1.807) is 18.7 Å². The van der Waals surface area contributed by atoms with Crippen molar-refractivity contribution in [1.29, 1.82) is 0 Å². The van der Waals surface area contributed by atoms with Gasteiger partial charge < -0.3 is 10.4 Å². The highest BCUT2D eigenvalue weighted by atomic mass is 32.2. The van der Waals surface area contributed by atoms with Crippen LogP contribution in [-0.2, 0) is 0 Å². The maximum atomic E-state index is 12.1. The maximum Gasteiger partial charge on any atom is 0.251 e. The Balaban J connectivity index is 2.62. The highest BCUT2D eigenvalue weighted by Crippen LogP contribution is 2.13. The molecule has 106 valence electrons. The summed E-state index contributed by atoms with van der Waals surface area (Å²) in [6, 6.07) is 5.80. The molecule has 0 aliphatic carbocycles. The lowest BCUT2D eigenvalue weighted by molar-refractivity contribution is 0.0528. The van der Waals surface area contributed by atoms with Crippen molar-refractivity contribution in [3.05, 3.63) is 34.9 Å². The molecule has 0 aromatic heterocycles. The van der Waals surface area contributed by atoms with Crippen LogP contribution in [0.15, 0.2) is 18.2 Å². The second-order valence-electron chi connectivity index (χ2n) is 5.24. The van der Waals surface area contributed by atoms with E-state index in [-0.39, 0.29) is 12.5 Å². The summed E-state index contributed by atoms with van der Waals surface area (Å²) in [5.74, 6) is 0.762. The number of aliphatic hydroxyl groups is 1. The molecule has 1 atom stereocenters. The number of hydrogen-bond acceptors (Lipinski definition) is 3. The quantitative estimate of drug-likeness (QED) is 0.842. The van der Waals surface area contributed by atoms with Gasteiger partial charge in [0.2, 0.25) is 0 Å². The number of rotatable bonds is 6. The van der Waals surface area contributed by atoms with Gasteiger partial charge in [0, 0.05) is 12.1 Å². The van der Waals surface area contributed by atoms with Crippen LogP contribution < -0.4 is 5.32 Å². The summed E-state index contributed by atoms with van der Waals surface area (Å²) in [6.45, 7) is 5.91. The normalized spacial score (nSPS) is 13.9. The summed E-state index contributed by atoms with van der Waals surface area (Å²) in [5, 5.41) is 13.0. The molecule has 1 aromatic carbocycles. The fourth-order valence-corrected chi connectivity index (χ4v) is 2.40. The summed E-state index contributed by atoms with van der Waals surface area (Å²) in [4.78, 5) is 12.1. The molecule has 0 saturated heterocycles. The molecule has 3 nitrogen and oxygen atoms in total. The van der Waals surface area contributed by atoms with E-state index in [9.17, 15) is 9.90 Å². The van der Waals surface area contributed by atoms with Crippen LogP contribution in [0.4, 0.5) is 0 Å². The Morgan fingerprint density at radius 1 is 1.42 bits per heavy atom. The minimum Gasteiger partial charge on any atom is -0.388 e. The fourth-order valence-electron chi connectivity index (χ4n) is 1.76. The summed E-state index contributed by atoms with van der Waals surface area (Å²) in [5.41, 5.74) is 1.84. The summed E-state index contributed by atoms with van der Waals surface area (Å²) < 4.78 is 0. The molecule has 1 aromatic rings. The first-order valence-corrected chi connectivity index (χ1v) is 7.82. The Morgan fingerprint density at radius 2 is 2.11 bits per heavy atom. The third-order valence-electron chi connectivity index (χ3n) is 3.11. The molecular weight excluding hydrogens is 258 g/mol. The van der Waals surface area contributed by atoms with Crippen LogP contribution in [0.5, 0.6) is 0 Å². The van der Waals surface area contributed by atoms with Gasteiger partial charge in [0.25, 0.3) is 5.91 Å². The fraction of sp³-hybridized carbons (Fsp3) is 0.533. The highest BCUT2D eigenvalue weighted by molar-refractivity contribution is 7.98. The number of amides is 1. The van der Waals surface area contributed by atoms with Crippen molar-refractivity contribution in [3.63, 3.8) is 0 Å². The number of benzene rings is 1. The molecule has 19 heavy (non-hydrogen) atoms. The number of thioether (sulfide) groups is 1. The zero-order valence-electron chi connectivity index (χ0n) is 12.1. The lowest BCUT2D eigenvalue weighted by atomic mass is 10.0. The number of carbonyl (C=O) groups is 1. The Bertz CT molecular complexity index is 444. The second-order valence-corrected chi connectivity index (χ2v) is 6.23. The van der Waals surface area contributed by atoms with E-state index in [0.717, 1.165) is 16.9 Å². The number of hydrogen-bond donors (Lipinski definition) is 2. The third-order valence-corrected chi connectivity index (χ3v) is 3.72. The lowest BCUT2D eigenvalue weighted by Crippen LogP contribution is -2.41. The lowest BCUT2D eigenvalue weighted by Gasteiger charge is -2.23. The van der Waals surface area contributed by atoms with Gasteiger partial charge in [-0.3, -0.25) is 4.79 Å². The molecular formula is C15H23NO2S. The van der Waals surface area contributed by atoms with Gasteiger partial charge in [-0.05, 0) is 50.8 Å². The largest absolute Gasteiger partial charge is 0.388 e. The van der Waals surface area contributed by atoms with Crippen LogP contribution in [0.3, 0.4) is 0 Å². The molecule has 0 aliphatic heterocycles. The molecule has 1 rings (SSSR count). The highest BCUT2D eigenvalue weighted by Gasteiger charge is 2.21. The third kappa shape index (κ3) is 5.25. The Morgan fingerprint density at radius 3 is 2.74 bits per heavy atom. The molecule has 0 saturated carbocycles. The topological polar surface area (TPSA) is 49.3 Å². The van der Waals surface area contributed by atoms with Crippen molar-refractivity contribution in [2.24, 2.45) is 0 Å². The van der Waals surface area contributed by atoms with Crippen LogP contribution in [-0.4, -0.2) is 35.2 Å².